The van der Waals surface area contributed by atoms with Crippen LogP contribution in [0.1, 0.15) is 41.4 Å². The number of carbonyl (C=O) groups excluding carboxylic acids is 2. The van der Waals surface area contributed by atoms with Crippen LogP contribution in [-0.2, 0) is 22.4 Å². The van der Waals surface area contributed by atoms with E-state index in [1.54, 1.807) is 31.2 Å². The summed E-state index contributed by atoms with van der Waals surface area (Å²) in [5.41, 5.74) is 2.14. The molecule has 0 aliphatic heterocycles. The van der Waals surface area contributed by atoms with Gasteiger partial charge in [0.25, 0.3) is 5.56 Å². The predicted molar refractivity (Wildman–Crippen MR) is 103 cm³/mol. The Labute approximate surface area is 160 Å². The second kappa shape index (κ2) is 8.39. The summed E-state index contributed by atoms with van der Waals surface area (Å²) in [6.45, 7) is 1.72. The van der Waals surface area contributed by atoms with Gasteiger partial charge in [-0.05, 0) is 44.7 Å². The van der Waals surface area contributed by atoms with Crippen molar-refractivity contribution in [2.24, 2.45) is 0 Å². The van der Waals surface area contributed by atoms with Crippen LogP contribution in [0.5, 0.6) is 0 Å². The number of benzene rings is 1. The zero-order chi connectivity index (χ0) is 19.4. The van der Waals surface area contributed by atoms with E-state index < -0.39 is 11.2 Å². The first-order chi connectivity index (χ1) is 13.0. The SMILES string of the molecule is COC(=O)c1ccccc1NC(=O)C(C)Sc1nc2c(c(=O)[nH]1)CCCC2. The summed E-state index contributed by atoms with van der Waals surface area (Å²) in [4.78, 5) is 43.9. The van der Waals surface area contributed by atoms with Gasteiger partial charge in [-0.2, -0.15) is 0 Å². The Bertz CT molecular complexity index is 925. The zero-order valence-corrected chi connectivity index (χ0v) is 16.0. The molecule has 1 atom stereocenters. The molecule has 7 nitrogen and oxygen atoms in total. The molecule has 0 bridgehead atoms. The fourth-order valence-electron chi connectivity index (χ4n) is 2.97. The van der Waals surface area contributed by atoms with Crippen LogP contribution in [0.15, 0.2) is 34.2 Å². The van der Waals surface area contributed by atoms with Crippen molar-refractivity contribution in [3.8, 4) is 0 Å². The van der Waals surface area contributed by atoms with Crippen LogP contribution >= 0.6 is 11.8 Å². The first-order valence-electron chi connectivity index (χ1n) is 8.76. The minimum atomic E-state index is -0.521. The number of methoxy groups -OCH3 is 1. The summed E-state index contributed by atoms with van der Waals surface area (Å²) in [6, 6.07) is 6.65. The molecule has 8 heteroatoms. The standard InChI is InChI=1S/C19H21N3O4S/c1-11(16(23)20-15-10-6-4-8-13(15)18(25)26-2)27-19-21-14-9-5-3-7-12(14)17(24)22-19/h4,6,8,10-11H,3,5,7,9H2,1-2H3,(H,20,23)(H,21,22,24). The van der Waals surface area contributed by atoms with Gasteiger partial charge in [-0.3, -0.25) is 9.59 Å². The fourth-order valence-corrected chi connectivity index (χ4v) is 3.79. The maximum absolute atomic E-state index is 12.5. The average Bonchev–Trinajstić information content (AvgIpc) is 2.67. The van der Waals surface area contributed by atoms with Crippen molar-refractivity contribution in [2.45, 2.75) is 43.0 Å². The Hall–Kier alpha value is -2.61. The second-order valence-corrected chi connectivity index (χ2v) is 7.62. The number of nitrogens with zero attached hydrogens (tertiary/aromatic N) is 1. The number of fused-ring (bicyclic) bond motifs is 1. The van der Waals surface area contributed by atoms with Crippen LogP contribution in [0.25, 0.3) is 0 Å². The molecule has 1 aliphatic carbocycles. The molecule has 0 radical (unpaired) electrons. The van der Waals surface area contributed by atoms with E-state index in [0.717, 1.165) is 36.9 Å². The third kappa shape index (κ3) is 4.39. The summed E-state index contributed by atoms with van der Waals surface area (Å²) in [7, 11) is 1.29. The molecule has 1 amide bonds. The van der Waals surface area contributed by atoms with E-state index in [1.165, 1.54) is 18.9 Å². The maximum atomic E-state index is 12.5. The van der Waals surface area contributed by atoms with E-state index in [1.807, 2.05) is 0 Å². The number of aryl methyl sites for hydroxylation is 1. The zero-order valence-electron chi connectivity index (χ0n) is 15.2. The van der Waals surface area contributed by atoms with Crippen molar-refractivity contribution in [1.82, 2.24) is 9.97 Å². The fraction of sp³-hybridized carbons (Fsp3) is 0.368. The molecule has 1 aromatic carbocycles. The molecule has 3 rings (SSSR count). The number of hydrogen-bond acceptors (Lipinski definition) is 6. The van der Waals surface area contributed by atoms with Gasteiger partial charge in [0.05, 0.1) is 29.3 Å². The summed E-state index contributed by atoms with van der Waals surface area (Å²) in [5, 5.41) is 2.66. The van der Waals surface area contributed by atoms with Crippen molar-refractivity contribution in [3.63, 3.8) is 0 Å². The van der Waals surface area contributed by atoms with Crippen molar-refractivity contribution in [2.75, 3.05) is 12.4 Å². The maximum Gasteiger partial charge on any atom is 0.339 e. The van der Waals surface area contributed by atoms with Gasteiger partial charge in [0, 0.05) is 5.56 Å². The summed E-state index contributed by atoms with van der Waals surface area (Å²) in [5.74, 6) is -0.816. The van der Waals surface area contributed by atoms with Gasteiger partial charge in [-0.15, -0.1) is 0 Å². The predicted octanol–water partition coefficient (Wildman–Crippen LogP) is 2.55. The van der Waals surface area contributed by atoms with Crippen LogP contribution in [0.4, 0.5) is 5.69 Å². The lowest BCUT2D eigenvalue weighted by Crippen LogP contribution is -2.26. The summed E-state index contributed by atoms with van der Waals surface area (Å²) < 4.78 is 4.74. The molecule has 2 N–H and O–H groups in total. The number of H-pyrrole nitrogens is 1. The van der Waals surface area contributed by atoms with Gasteiger partial charge >= 0.3 is 5.97 Å². The van der Waals surface area contributed by atoms with Gasteiger partial charge in [0.15, 0.2) is 5.16 Å². The molecule has 0 fully saturated rings. The topological polar surface area (TPSA) is 101 Å². The lowest BCUT2D eigenvalue weighted by molar-refractivity contribution is -0.115. The molecule has 1 heterocycles. The second-order valence-electron chi connectivity index (χ2n) is 6.29. The number of rotatable bonds is 5. The smallest absolute Gasteiger partial charge is 0.339 e. The van der Waals surface area contributed by atoms with Crippen molar-refractivity contribution < 1.29 is 14.3 Å². The number of ether oxygens (including phenoxy) is 1. The number of esters is 1. The summed E-state index contributed by atoms with van der Waals surface area (Å²) >= 11 is 1.18. The number of thioether (sulfide) groups is 1. The average molecular weight is 387 g/mol. The van der Waals surface area contributed by atoms with Crippen molar-refractivity contribution >= 4 is 29.3 Å². The Morgan fingerprint density at radius 1 is 1.26 bits per heavy atom. The molecule has 142 valence electrons. The van der Waals surface area contributed by atoms with E-state index in [-0.39, 0.29) is 17.0 Å². The van der Waals surface area contributed by atoms with E-state index in [0.29, 0.717) is 10.8 Å². The van der Waals surface area contributed by atoms with Crippen LogP contribution < -0.4 is 10.9 Å². The Kier molecular flexibility index (Phi) is 5.95. The van der Waals surface area contributed by atoms with E-state index in [2.05, 4.69) is 15.3 Å². The number of aromatic amines is 1. The molecule has 0 spiro atoms. The highest BCUT2D eigenvalue weighted by Gasteiger charge is 2.21. The number of hydrogen-bond donors (Lipinski definition) is 2. The molecule has 2 aromatic rings. The molecule has 0 saturated heterocycles. The monoisotopic (exact) mass is 387 g/mol. The van der Waals surface area contributed by atoms with Gasteiger partial charge in [-0.1, -0.05) is 23.9 Å². The molecule has 1 aromatic heterocycles. The first-order valence-corrected chi connectivity index (χ1v) is 9.64. The van der Waals surface area contributed by atoms with Crippen molar-refractivity contribution in [3.05, 3.63) is 51.4 Å². The highest BCUT2D eigenvalue weighted by Crippen LogP contribution is 2.24. The van der Waals surface area contributed by atoms with Crippen LogP contribution in [-0.4, -0.2) is 34.2 Å². The molecule has 27 heavy (non-hydrogen) atoms. The lowest BCUT2D eigenvalue weighted by atomic mass is 9.97. The number of para-hydroxylation sites is 1. The van der Waals surface area contributed by atoms with Gasteiger partial charge in [0.2, 0.25) is 5.91 Å². The summed E-state index contributed by atoms with van der Waals surface area (Å²) in [6.07, 6.45) is 3.57. The first kappa shape index (κ1) is 19.2. The van der Waals surface area contributed by atoms with Crippen LogP contribution in [0.3, 0.4) is 0 Å². The Morgan fingerprint density at radius 2 is 2.00 bits per heavy atom. The molecular formula is C19H21N3O4S. The third-order valence-electron chi connectivity index (χ3n) is 4.42. The largest absolute Gasteiger partial charge is 0.465 e. The molecule has 1 unspecified atom stereocenters. The van der Waals surface area contributed by atoms with Gasteiger partial charge < -0.3 is 15.0 Å². The Morgan fingerprint density at radius 3 is 2.78 bits per heavy atom. The minimum absolute atomic E-state index is 0.120. The molecular weight excluding hydrogens is 366 g/mol. The lowest BCUT2D eigenvalue weighted by Gasteiger charge is -2.16. The van der Waals surface area contributed by atoms with Gasteiger partial charge in [0.1, 0.15) is 0 Å². The number of carbonyl (C=O) groups is 2. The van der Waals surface area contributed by atoms with Gasteiger partial charge in [-0.25, -0.2) is 9.78 Å². The molecule has 0 saturated carbocycles. The highest BCUT2D eigenvalue weighted by atomic mass is 32.2. The van der Waals surface area contributed by atoms with Crippen LogP contribution in [0.2, 0.25) is 0 Å². The highest BCUT2D eigenvalue weighted by molar-refractivity contribution is 8.00. The van der Waals surface area contributed by atoms with E-state index in [9.17, 15) is 14.4 Å². The number of nitrogens with one attached hydrogen (secondary N) is 2. The Balaban J connectivity index is 1.73. The quantitative estimate of drug-likeness (QED) is 0.464. The van der Waals surface area contributed by atoms with Crippen LogP contribution in [0, 0.1) is 0 Å². The number of aromatic nitrogens is 2. The van der Waals surface area contributed by atoms with Crippen molar-refractivity contribution in [1.29, 1.82) is 0 Å². The van der Waals surface area contributed by atoms with E-state index >= 15 is 0 Å². The van der Waals surface area contributed by atoms with E-state index in [4.69, 9.17) is 4.74 Å². The number of amides is 1. The minimum Gasteiger partial charge on any atom is -0.465 e. The third-order valence-corrected chi connectivity index (χ3v) is 5.40. The number of anilines is 1. The normalized spacial score (nSPS) is 14.1. The molecule has 1 aliphatic rings.